The van der Waals surface area contributed by atoms with E-state index >= 15 is 0 Å². The Morgan fingerprint density at radius 3 is 2.74 bits per heavy atom. The largest absolute Gasteiger partial charge is 0.376 e. The number of carbonyl (C=O) groups is 2. The van der Waals surface area contributed by atoms with Gasteiger partial charge < -0.3 is 9.64 Å². The number of fused-ring (bicyclic) bond motifs is 3. The third kappa shape index (κ3) is 3.22. The summed E-state index contributed by atoms with van der Waals surface area (Å²) in [6, 6.07) is 10.2. The van der Waals surface area contributed by atoms with Crippen LogP contribution < -0.4 is 0 Å². The molecule has 4 heteroatoms. The van der Waals surface area contributed by atoms with Gasteiger partial charge in [-0.25, -0.2) is 0 Å². The molecule has 2 saturated heterocycles. The molecule has 1 amide bonds. The predicted octanol–water partition coefficient (Wildman–Crippen LogP) is 3.84. The van der Waals surface area contributed by atoms with Gasteiger partial charge in [0, 0.05) is 24.9 Å². The van der Waals surface area contributed by atoms with E-state index in [1.54, 1.807) is 0 Å². The van der Waals surface area contributed by atoms with Gasteiger partial charge in [0.1, 0.15) is 5.78 Å². The molecule has 0 unspecified atom stereocenters. The third-order valence-corrected chi connectivity index (χ3v) is 7.49. The van der Waals surface area contributed by atoms with Crippen molar-refractivity contribution in [2.45, 2.75) is 58.6 Å². The zero-order valence-electron chi connectivity index (χ0n) is 16.5. The zero-order valence-corrected chi connectivity index (χ0v) is 16.5. The molecule has 3 fully saturated rings. The minimum Gasteiger partial charge on any atom is -0.376 e. The molecular formula is C23H31NO3. The molecule has 1 aromatic rings. The van der Waals surface area contributed by atoms with Crippen LogP contribution >= 0.6 is 0 Å². The fourth-order valence-electron chi connectivity index (χ4n) is 5.58. The summed E-state index contributed by atoms with van der Waals surface area (Å²) in [6.45, 7) is 6.11. The second-order valence-corrected chi connectivity index (χ2v) is 8.94. The van der Waals surface area contributed by atoms with Crippen molar-refractivity contribution in [2.75, 3.05) is 13.2 Å². The third-order valence-electron chi connectivity index (χ3n) is 7.49. The highest BCUT2D eigenvalue weighted by Gasteiger charge is 2.59. The lowest BCUT2D eigenvalue weighted by molar-refractivity contribution is -0.148. The fourth-order valence-corrected chi connectivity index (χ4v) is 5.58. The Labute approximate surface area is 162 Å². The molecule has 0 N–H and O–H groups in total. The average molecular weight is 370 g/mol. The number of hydrogen-bond donors (Lipinski definition) is 0. The van der Waals surface area contributed by atoms with E-state index in [0.29, 0.717) is 31.3 Å². The standard InChI is InChI=1S/C23H31NO3/c1-16-18(15-27-14-17-8-4-3-5-9-17)12-20-23(2)19(13-24(20)22(16)26)10-6-7-11-21(23)25/h3-5,8-9,16,18-20H,6-7,10-15H2,1-2H3/t16-,18+,19+,20+,23+/m0/s1. The van der Waals surface area contributed by atoms with Gasteiger partial charge in [-0.2, -0.15) is 0 Å². The van der Waals surface area contributed by atoms with Gasteiger partial charge in [-0.3, -0.25) is 9.59 Å². The van der Waals surface area contributed by atoms with Crippen LogP contribution in [0, 0.1) is 23.2 Å². The normalized spacial score (nSPS) is 36.3. The molecule has 4 rings (SSSR count). The molecular weight excluding hydrogens is 338 g/mol. The lowest BCUT2D eigenvalue weighted by Gasteiger charge is -2.43. The molecule has 1 aliphatic carbocycles. The summed E-state index contributed by atoms with van der Waals surface area (Å²) in [7, 11) is 0. The summed E-state index contributed by atoms with van der Waals surface area (Å²) in [4.78, 5) is 28.1. The maximum Gasteiger partial charge on any atom is 0.226 e. The minimum absolute atomic E-state index is 0.0296. The SMILES string of the molecule is C[C@@H]1C(=O)N2C[C@H]3CCCCC(=O)[C@@]3(C)[C@H]2C[C@@H]1COCc1ccccc1. The van der Waals surface area contributed by atoms with E-state index in [1.165, 1.54) is 0 Å². The highest BCUT2D eigenvalue weighted by atomic mass is 16.5. The Morgan fingerprint density at radius 1 is 1.19 bits per heavy atom. The molecule has 3 aliphatic rings. The number of hydrogen-bond acceptors (Lipinski definition) is 3. The van der Waals surface area contributed by atoms with E-state index in [-0.39, 0.29) is 29.2 Å². The number of carbonyl (C=O) groups excluding carboxylic acids is 2. The van der Waals surface area contributed by atoms with Gasteiger partial charge in [0.15, 0.2) is 0 Å². The van der Waals surface area contributed by atoms with Gasteiger partial charge >= 0.3 is 0 Å². The van der Waals surface area contributed by atoms with Gasteiger partial charge in [-0.15, -0.1) is 0 Å². The van der Waals surface area contributed by atoms with Crippen molar-refractivity contribution >= 4 is 11.7 Å². The van der Waals surface area contributed by atoms with Crippen molar-refractivity contribution in [3.8, 4) is 0 Å². The maximum absolute atomic E-state index is 13.1. The lowest BCUT2D eigenvalue weighted by atomic mass is 9.67. The van der Waals surface area contributed by atoms with Crippen LogP contribution in [0.25, 0.3) is 0 Å². The number of benzene rings is 1. The molecule has 2 heterocycles. The van der Waals surface area contributed by atoms with E-state index in [4.69, 9.17) is 4.74 Å². The van der Waals surface area contributed by atoms with Crippen molar-refractivity contribution in [3.63, 3.8) is 0 Å². The molecule has 0 aromatic heterocycles. The van der Waals surface area contributed by atoms with Crippen LogP contribution in [0.15, 0.2) is 30.3 Å². The molecule has 0 spiro atoms. The highest BCUT2D eigenvalue weighted by molar-refractivity contribution is 5.89. The molecule has 146 valence electrons. The van der Waals surface area contributed by atoms with Crippen molar-refractivity contribution in [3.05, 3.63) is 35.9 Å². The Hall–Kier alpha value is -1.68. The lowest BCUT2D eigenvalue weighted by Crippen LogP contribution is -2.54. The average Bonchev–Trinajstić information content (AvgIpc) is 2.88. The van der Waals surface area contributed by atoms with Gasteiger partial charge in [-0.1, -0.05) is 50.6 Å². The van der Waals surface area contributed by atoms with Crippen LogP contribution in [0.4, 0.5) is 0 Å². The van der Waals surface area contributed by atoms with Gasteiger partial charge in [0.25, 0.3) is 0 Å². The first-order valence-corrected chi connectivity index (χ1v) is 10.5. The van der Waals surface area contributed by atoms with E-state index in [0.717, 1.165) is 37.8 Å². The second kappa shape index (κ2) is 7.38. The van der Waals surface area contributed by atoms with Crippen molar-refractivity contribution < 1.29 is 14.3 Å². The summed E-state index contributed by atoms with van der Waals surface area (Å²) in [6.07, 6.45) is 4.76. The molecule has 1 aromatic carbocycles. The molecule has 2 aliphatic heterocycles. The van der Waals surface area contributed by atoms with Crippen LogP contribution in [0.5, 0.6) is 0 Å². The number of nitrogens with zero attached hydrogens (tertiary/aromatic N) is 1. The first-order chi connectivity index (χ1) is 13.0. The number of amides is 1. The Balaban J connectivity index is 1.48. The molecule has 0 bridgehead atoms. The van der Waals surface area contributed by atoms with E-state index in [1.807, 2.05) is 30.0 Å². The minimum atomic E-state index is -0.357. The number of ether oxygens (including phenoxy) is 1. The highest BCUT2D eigenvalue weighted by Crippen LogP contribution is 2.52. The number of Topliss-reactive ketones (excluding diaryl/α,β-unsaturated/α-hetero) is 1. The summed E-state index contributed by atoms with van der Waals surface area (Å²) >= 11 is 0. The molecule has 1 saturated carbocycles. The zero-order chi connectivity index (χ0) is 19.0. The summed E-state index contributed by atoms with van der Waals surface area (Å²) < 4.78 is 5.99. The van der Waals surface area contributed by atoms with Gasteiger partial charge in [0.2, 0.25) is 5.91 Å². The van der Waals surface area contributed by atoms with E-state index in [2.05, 4.69) is 19.1 Å². The van der Waals surface area contributed by atoms with Crippen LogP contribution in [0.1, 0.15) is 51.5 Å². The molecule has 27 heavy (non-hydrogen) atoms. The monoisotopic (exact) mass is 369 g/mol. The number of ketones is 1. The predicted molar refractivity (Wildman–Crippen MR) is 104 cm³/mol. The van der Waals surface area contributed by atoms with Crippen molar-refractivity contribution in [1.82, 2.24) is 4.90 Å². The number of rotatable bonds is 4. The molecule has 5 atom stereocenters. The first kappa shape index (κ1) is 18.7. The number of piperidine rings is 1. The quantitative estimate of drug-likeness (QED) is 0.810. The van der Waals surface area contributed by atoms with Crippen LogP contribution in [0.3, 0.4) is 0 Å². The van der Waals surface area contributed by atoms with Crippen LogP contribution in [-0.4, -0.2) is 35.8 Å². The fraction of sp³-hybridized carbons (Fsp3) is 0.652. The summed E-state index contributed by atoms with van der Waals surface area (Å²) in [5.41, 5.74) is 0.796. The summed E-state index contributed by atoms with van der Waals surface area (Å²) in [5.74, 6) is 1.09. The van der Waals surface area contributed by atoms with Gasteiger partial charge in [-0.05, 0) is 36.7 Å². The Kier molecular flexibility index (Phi) is 5.11. The smallest absolute Gasteiger partial charge is 0.226 e. The molecule has 4 nitrogen and oxygen atoms in total. The summed E-state index contributed by atoms with van der Waals surface area (Å²) in [5, 5.41) is 0. The Morgan fingerprint density at radius 2 is 1.96 bits per heavy atom. The topological polar surface area (TPSA) is 46.6 Å². The first-order valence-electron chi connectivity index (χ1n) is 10.5. The Bertz CT molecular complexity index is 703. The second-order valence-electron chi connectivity index (χ2n) is 8.94. The van der Waals surface area contributed by atoms with Gasteiger partial charge in [0.05, 0.1) is 18.6 Å². The maximum atomic E-state index is 13.1. The van der Waals surface area contributed by atoms with E-state index < -0.39 is 0 Å². The van der Waals surface area contributed by atoms with Crippen LogP contribution in [0.2, 0.25) is 0 Å². The van der Waals surface area contributed by atoms with Crippen LogP contribution in [-0.2, 0) is 20.9 Å². The molecule has 0 radical (unpaired) electrons. The van der Waals surface area contributed by atoms with Crippen molar-refractivity contribution in [2.24, 2.45) is 23.2 Å². The van der Waals surface area contributed by atoms with E-state index in [9.17, 15) is 9.59 Å². The van der Waals surface area contributed by atoms with Crippen molar-refractivity contribution in [1.29, 1.82) is 0 Å².